The number of nitrogens with zero attached hydrogens (tertiary/aromatic N) is 1. The van der Waals surface area contributed by atoms with Gasteiger partial charge < -0.3 is 36.9 Å². The number of nitrogens with one attached hydrogen (secondary N) is 3. The lowest BCUT2D eigenvalue weighted by atomic mass is 9.90. The number of aliphatic imine (C=N–C) groups is 1. The molecule has 0 aliphatic carbocycles. The summed E-state index contributed by atoms with van der Waals surface area (Å²) in [6.07, 6.45) is 0.855. The highest BCUT2D eigenvalue weighted by Crippen LogP contribution is 2.19. The Balaban J connectivity index is 3.14. The van der Waals surface area contributed by atoms with Crippen LogP contribution in [0.5, 0.6) is 0 Å². The molecule has 0 bridgehead atoms. The minimum absolute atomic E-state index is 0.0626. The summed E-state index contributed by atoms with van der Waals surface area (Å²) in [7, 11) is 1.55. The second kappa shape index (κ2) is 22.0. The van der Waals surface area contributed by atoms with Gasteiger partial charge in [0, 0.05) is 38.9 Å². The second-order valence-corrected chi connectivity index (χ2v) is 13.3. The number of carbonyl (C=O) groups is 5. The number of ether oxygens (including phenoxy) is 2. The Bertz CT molecular complexity index is 1200. The van der Waals surface area contributed by atoms with Crippen LogP contribution in [0.2, 0.25) is 0 Å². The molecule has 2 amide bonds. The highest BCUT2D eigenvalue weighted by atomic mass is 16.5. The number of nitrogens with two attached hydrogens (primary N) is 2. The molecule has 1 aromatic rings. The average molecular weight is 675 g/mol. The van der Waals surface area contributed by atoms with Crippen molar-refractivity contribution < 1.29 is 33.4 Å². The van der Waals surface area contributed by atoms with Crippen molar-refractivity contribution >= 4 is 35.1 Å². The Morgan fingerprint density at radius 2 is 1.60 bits per heavy atom. The summed E-state index contributed by atoms with van der Waals surface area (Å²) in [6.45, 7) is 11.2. The first-order chi connectivity index (χ1) is 22.6. The van der Waals surface area contributed by atoms with Crippen LogP contribution in [-0.2, 0) is 39.9 Å². The molecule has 0 spiro atoms. The molecular weight excluding hydrogens is 616 g/mol. The van der Waals surface area contributed by atoms with E-state index in [0.29, 0.717) is 25.8 Å². The van der Waals surface area contributed by atoms with Crippen LogP contribution in [-0.4, -0.2) is 92.8 Å². The molecule has 1 rings (SSSR count). The van der Waals surface area contributed by atoms with Gasteiger partial charge in [-0.2, -0.15) is 0 Å². The van der Waals surface area contributed by atoms with Gasteiger partial charge in [0.2, 0.25) is 11.8 Å². The van der Waals surface area contributed by atoms with Crippen molar-refractivity contribution in [1.82, 2.24) is 16.0 Å². The zero-order valence-electron chi connectivity index (χ0n) is 29.8. The first-order valence-electron chi connectivity index (χ1n) is 16.6. The van der Waals surface area contributed by atoms with Gasteiger partial charge in [-0.05, 0) is 58.4 Å². The summed E-state index contributed by atoms with van der Waals surface area (Å²) in [4.78, 5) is 70.0. The van der Waals surface area contributed by atoms with Crippen molar-refractivity contribution in [2.24, 2.45) is 34.2 Å². The Hall–Kier alpha value is -3.68. The number of hydrogen-bond donors (Lipinski definition) is 5. The largest absolute Gasteiger partial charge is 0.375 e. The van der Waals surface area contributed by atoms with Crippen LogP contribution in [0.4, 0.5) is 0 Å². The van der Waals surface area contributed by atoms with Crippen molar-refractivity contribution in [3.8, 4) is 0 Å². The first kappa shape index (κ1) is 42.3. The van der Waals surface area contributed by atoms with E-state index in [2.05, 4.69) is 20.9 Å². The minimum Gasteiger partial charge on any atom is -0.375 e. The van der Waals surface area contributed by atoms with Crippen LogP contribution in [0.3, 0.4) is 0 Å². The molecular formula is C35H58N6O7. The molecule has 270 valence electrons. The molecule has 13 heteroatoms. The van der Waals surface area contributed by atoms with E-state index in [1.807, 2.05) is 51.1 Å². The van der Waals surface area contributed by atoms with Gasteiger partial charge in [0.1, 0.15) is 6.61 Å². The van der Waals surface area contributed by atoms with Gasteiger partial charge in [-0.25, -0.2) is 0 Å². The third-order valence-corrected chi connectivity index (χ3v) is 7.58. The maximum absolute atomic E-state index is 13.8. The predicted octanol–water partition coefficient (Wildman–Crippen LogP) is 1.70. The number of amides is 2. The molecule has 7 N–H and O–H groups in total. The number of rotatable bonds is 23. The smallest absolute Gasteiger partial charge is 0.226 e. The van der Waals surface area contributed by atoms with Crippen LogP contribution in [0.15, 0.2) is 35.3 Å². The monoisotopic (exact) mass is 674 g/mol. The maximum Gasteiger partial charge on any atom is 0.226 e. The number of hydrogen-bond acceptors (Lipinski definition) is 9. The van der Waals surface area contributed by atoms with E-state index >= 15 is 0 Å². The molecule has 13 nitrogen and oxygen atoms in total. The Morgan fingerprint density at radius 3 is 2.17 bits per heavy atom. The van der Waals surface area contributed by atoms with Crippen molar-refractivity contribution in [2.75, 3.05) is 40.0 Å². The molecule has 0 saturated heterocycles. The summed E-state index contributed by atoms with van der Waals surface area (Å²) in [5.41, 5.74) is 11.4. The number of ketones is 3. The number of benzene rings is 1. The average Bonchev–Trinajstić information content (AvgIpc) is 3.02. The first-order valence-corrected chi connectivity index (χ1v) is 16.6. The van der Waals surface area contributed by atoms with Gasteiger partial charge in [-0.15, -0.1) is 0 Å². The molecule has 48 heavy (non-hydrogen) atoms. The zero-order chi connectivity index (χ0) is 36.3. The summed E-state index contributed by atoms with van der Waals surface area (Å²) < 4.78 is 11.2. The summed E-state index contributed by atoms with van der Waals surface area (Å²) in [6, 6.07) is 7.63. The van der Waals surface area contributed by atoms with Gasteiger partial charge in [-0.1, -0.05) is 44.2 Å². The standard InChI is InChI=1S/C35H58N6O7/c1-23(2)31(41-32(45)26(14-11-16-39-34(37)38-7)19-28(43)22-47-17-15-36)30(44)20-27(21-48-35(4,5)6)33(46)40-29(24(3)42)18-25-12-9-8-10-13-25/h8-10,12-13,23,26-27,29,31H,11,14-22,36H2,1-7H3,(H,40,46)(H,41,45)(H3,37,38,39)/t26-,27+,29+,31+/m1/s1. The third kappa shape index (κ3) is 17.5. The Morgan fingerprint density at radius 1 is 0.958 bits per heavy atom. The molecule has 0 aromatic heterocycles. The molecule has 0 unspecified atom stereocenters. The predicted molar refractivity (Wildman–Crippen MR) is 186 cm³/mol. The quantitative estimate of drug-likeness (QED) is 0.0646. The van der Waals surface area contributed by atoms with Crippen LogP contribution in [0.1, 0.15) is 72.8 Å². The SMILES string of the molecule is CN=C(N)NCCC[C@H](CC(=O)COCCN)C(=O)N[C@H](C(=O)C[C@@H](COC(C)(C)C)C(=O)N[C@@H](Cc1ccccc1)C(C)=O)C(C)C. The lowest BCUT2D eigenvalue weighted by molar-refractivity contribution is -0.138. The molecule has 1 aromatic carbocycles. The van der Waals surface area contributed by atoms with Gasteiger partial charge in [0.15, 0.2) is 23.3 Å². The van der Waals surface area contributed by atoms with Crippen LogP contribution >= 0.6 is 0 Å². The van der Waals surface area contributed by atoms with E-state index in [-0.39, 0.29) is 68.4 Å². The summed E-state index contributed by atoms with van der Waals surface area (Å²) in [5, 5.41) is 8.62. The van der Waals surface area contributed by atoms with E-state index in [1.165, 1.54) is 6.92 Å². The molecule has 0 radical (unpaired) electrons. The van der Waals surface area contributed by atoms with Crippen molar-refractivity contribution in [3.63, 3.8) is 0 Å². The molecule has 0 aliphatic heterocycles. The van der Waals surface area contributed by atoms with E-state index in [1.54, 1.807) is 20.9 Å². The van der Waals surface area contributed by atoms with Gasteiger partial charge in [-0.3, -0.25) is 29.0 Å². The zero-order valence-corrected chi connectivity index (χ0v) is 29.8. The molecule has 0 aliphatic rings. The lowest BCUT2D eigenvalue weighted by Gasteiger charge is -2.28. The Kier molecular flexibility index (Phi) is 19.4. The highest BCUT2D eigenvalue weighted by Gasteiger charge is 2.33. The third-order valence-electron chi connectivity index (χ3n) is 7.58. The fourth-order valence-corrected chi connectivity index (χ4v) is 4.85. The number of Topliss-reactive ketones (excluding diaryl/α,β-unsaturated/α-hetero) is 3. The van der Waals surface area contributed by atoms with E-state index in [4.69, 9.17) is 20.9 Å². The van der Waals surface area contributed by atoms with E-state index in [9.17, 15) is 24.0 Å². The molecule has 4 atom stereocenters. The lowest BCUT2D eigenvalue weighted by Crippen LogP contribution is -2.50. The van der Waals surface area contributed by atoms with Crippen LogP contribution < -0.4 is 27.4 Å². The summed E-state index contributed by atoms with van der Waals surface area (Å²) in [5.74, 6) is -3.46. The van der Waals surface area contributed by atoms with Gasteiger partial charge >= 0.3 is 0 Å². The number of guanidine groups is 1. The Labute approximate surface area is 285 Å². The topological polar surface area (TPSA) is 204 Å². The van der Waals surface area contributed by atoms with E-state index in [0.717, 1.165) is 5.56 Å². The fraction of sp³-hybridized carbons (Fsp3) is 0.657. The molecule has 0 heterocycles. The van der Waals surface area contributed by atoms with Crippen LogP contribution in [0.25, 0.3) is 0 Å². The highest BCUT2D eigenvalue weighted by molar-refractivity contribution is 5.95. The van der Waals surface area contributed by atoms with E-state index < -0.39 is 41.3 Å². The molecule has 0 fully saturated rings. The molecule has 0 saturated carbocycles. The van der Waals surface area contributed by atoms with Crippen LogP contribution in [0, 0.1) is 17.8 Å². The number of carbonyl (C=O) groups excluding carboxylic acids is 5. The van der Waals surface area contributed by atoms with Crippen molar-refractivity contribution in [3.05, 3.63) is 35.9 Å². The van der Waals surface area contributed by atoms with Crippen molar-refractivity contribution in [2.45, 2.75) is 91.3 Å². The van der Waals surface area contributed by atoms with Gasteiger partial charge in [0.05, 0.1) is 36.8 Å². The van der Waals surface area contributed by atoms with Gasteiger partial charge in [0.25, 0.3) is 0 Å². The second-order valence-electron chi connectivity index (χ2n) is 13.3. The normalized spacial score (nSPS) is 14.5. The van der Waals surface area contributed by atoms with Crippen molar-refractivity contribution in [1.29, 1.82) is 0 Å². The fourth-order valence-electron chi connectivity index (χ4n) is 4.85. The summed E-state index contributed by atoms with van der Waals surface area (Å²) >= 11 is 0. The maximum atomic E-state index is 13.8. The minimum atomic E-state index is -0.928.